The standard InChI is InChI=1S/C15H17ClN2OS/c1-3-4-9-18-15(20-11(2)17-18)10-14(19)12-7-5-6-8-13(12)16/h5-8,10H,3-4,9H2,1-2H3/b15-10-. The summed E-state index contributed by atoms with van der Waals surface area (Å²) in [6.07, 6.45) is 3.78. The van der Waals surface area contributed by atoms with Crippen LogP contribution in [0, 0.1) is 0 Å². The van der Waals surface area contributed by atoms with Gasteiger partial charge in [-0.05, 0) is 25.5 Å². The Hall–Kier alpha value is -1.26. The van der Waals surface area contributed by atoms with Gasteiger partial charge in [-0.3, -0.25) is 9.80 Å². The number of ketones is 1. The molecule has 0 bridgehead atoms. The fraction of sp³-hybridized carbons (Fsp3) is 0.333. The quantitative estimate of drug-likeness (QED) is 0.591. The zero-order chi connectivity index (χ0) is 14.5. The van der Waals surface area contributed by atoms with Gasteiger partial charge in [-0.2, -0.15) is 5.10 Å². The fourth-order valence-corrected chi connectivity index (χ4v) is 2.94. The monoisotopic (exact) mass is 308 g/mol. The van der Waals surface area contributed by atoms with Crippen molar-refractivity contribution in [2.75, 3.05) is 6.54 Å². The lowest BCUT2D eigenvalue weighted by molar-refractivity contribution is 0.104. The van der Waals surface area contributed by atoms with Gasteiger partial charge < -0.3 is 0 Å². The highest BCUT2D eigenvalue weighted by atomic mass is 35.5. The number of unbranched alkanes of at least 4 members (excludes halogenated alkanes) is 1. The summed E-state index contributed by atoms with van der Waals surface area (Å²) in [4.78, 5) is 12.3. The predicted octanol–water partition coefficient (Wildman–Crippen LogP) is 4.55. The van der Waals surface area contributed by atoms with Crippen LogP contribution in [0.25, 0.3) is 0 Å². The molecule has 0 aliphatic carbocycles. The van der Waals surface area contributed by atoms with Crippen molar-refractivity contribution in [3.8, 4) is 0 Å². The first-order chi connectivity index (χ1) is 9.61. The number of carbonyl (C=O) groups is 1. The number of carbonyl (C=O) groups excluding carboxylic acids is 1. The molecule has 0 saturated carbocycles. The summed E-state index contributed by atoms with van der Waals surface area (Å²) in [6.45, 7) is 4.92. The summed E-state index contributed by atoms with van der Waals surface area (Å²) < 4.78 is 0. The van der Waals surface area contributed by atoms with E-state index < -0.39 is 0 Å². The van der Waals surface area contributed by atoms with Crippen LogP contribution in [-0.2, 0) is 0 Å². The van der Waals surface area contributed by atoms with Gasteiger partial charge in [-0.1, -0.05) is 48.8 Å². The molecule has 1 aliphatic rings. The molecule has 0 aromatic heterocycles. The fourth-order valence-electron chi connectivity index (χ4n) is 1.87. The molecule has 0 radical (unpaired) electrons. The summed E-state index contributed by atoms with van der Waals surface area (Å²) in [5, 5.41) is 8.65. The molecule has 0 amide bonds. The zero-order valence-corrected chi connectivity index (χ0v) is 13.2. The maximum atomic E-state index is 12.3. The van der Waals surface area contributed by atoms with E-state index in [2.05, 4.69) is 12.0 Å². The minimum atomic E-state index is -0.0792. The highest BCUT2D eigenvalue weighted by Gasteiger charge is 2.20. The zero-order valence-electron chi connectivity index (χ0n) is 11.6. The summed E-state index contributed by atoms with van der Waals surface area (Å²) in [5.74, 6) is -0.0792. The highest BCUT2D eigenvalue weighted by molar-refractivity contribution is 8.17. The maximum Gasteiger partial charge on any atom is 0.190 e. The van der Waals surface area contributed by atoms with Crippen LogP contribution >= 0.6 is 23.4 Å². The molecule has 1 aromatic carbocycles. The number of nitrogens with zero attached hydrogens (tertiary/aromatic N) is 2. The van der Waals surface area contributed by atoms with Gasteiger partial charge in [0.25, 0.3) is 0 Å². The van der Waals surface area contributed by atoms with Crippen LogP contribution in [0.4, 0.5) is 0 Å². The van der Waals surface area contributed by atoms with Crippen LogP contribution < -0.4 is 0 Å². The number of thioether (sulfide) groups is 1. The van der Waals surface area contributed by atoms with Crippen molar-refractivity contribution in [1.82, 2.24) is 5.01 Å². The van der Waals surface area contributed by atoms with E-state index in [1.807, 2.05) is 24.1 Å². The van der Waals surface area contributed by atoms with Gasteiger partial charge in [0.15, 0.2) is 5.78 Å². The van der Waals surface area contributed by atoms with Crippen LogP contribution in [-0.4, -0.2) is 22.4 Å². The number of hydrogen-bond acceptors (Lipinski definition) is 4. The molecule has 1 aromatic rings. The van der Waals surface area contributed by atoms with E-state index in [9.17, 15) is 4.79 Å². The van der Waals surface area contributed by atoms with Crippen molar-refractivity contribution in [3.63, 3.8) is 0 Å². The van der Waals surface area contributed by atoms with E-state index in [4.69, 9.17) is 11.6 Å². The normalized spacial score (nSPS) is 16.6. The highest BCUT2D eigenvalue weighted by Crippen LogP contribution is 2.30. The van der Waals surface area contributed by atoms with E-state index in [-0.39, 0.29) is 5.78 Å². The molecule has 3 nitrogen and oxygen atoms in total. The van der Waals surface area contributed by atoms with Crippen molar-refractivity contribution in [2.45, 2.75) is 26.7 Å². The number of rotatable bonds is 5. The van der Waals surface area contributed by atoms with Crippen molar-refractivity contribution < 1.29 is 4.79 Å². The minimum absolute atomic E-state index is 0.0792. The molecule has 0 spiro atoms. The molecular formula is C15H17ClN2OS. The van der Waals surface area contributed by atoms with Gasteiger partial charge in [0.2, 0.25) is 0 Å². The van der Waals surface area contributed by atoms with E-state index >= 15 is 0 Å². The largest absolute Gasteiger partial charge is 0.289 e. The molecule has 2 rings (SSSR count). The van der Waals surface area contributed by atoms with Crippen LogP contribution in [0.15, 0.2) is 40.5 Å². The third-order valence-electron chi connectivity index (χ3n) is 2.89. The van der Waals surface area contributed by atoms with Crippen molar-refractivity contribution in [1.29, 1.82) is 0 Å². The Balaban J connectivity index is 2.17. The third kappa shape index (κ3) is 3.64. The van der Waals surface area contributed by atoms with Gasteiger partial charge in [-0.25, -0.2) is 0 Å². The maximum absolute atomic E-state index is 12.3. The summed E-state index contributed by atoms with van der Waals surface area (Å²) in [7, 11) is 0. The summed E-state index contributed by atoms with van der Waals surface area (Å²) >= 11 is 7.58. The van der Waals surface area contributed by atoms with E-state index in [0.29, 0.717) is 10.6 Å². The summed E-state index contributed by atoms with van der Waals surface area (Å²) in [5.41, 5.74) is 0.530. The molecule has 20 heavy (non-hydrogen) atoms. The average Bonchev–Trinajstić information content (AvgIpc) is 2.76. The molecule has 1 heterocycles. The first-order valence-electron chi connectivity index (χ1n) is 6.63. The predicted molar refractivity (Wildman–Crippen MR) is 86.2 cm³/mol. The second-order valence-electron chi connectivity index (χ2n) is 4.52. The Morgan fingerprint density at radius 1 is 1.45 bits per heavy atom. The molecule has 0 fully saturated rings. The molecule has 106 valence electrons. The van der Waals surface area contributed by atoms with E-state index in [1.54, 1.807) is 18.2 Å². The lowest BCUT2D eigenvalue weighted by Gasteiger charge is -2.14. The molecule has 0 unspecified atom stereocenters. The second-order valence-corrected chi connectivity index (χ2v) is 6.14. The number of benzene rings is 1. The molecule has 0 saturated heterocycles. The number of allylic oxidation sites excluding steroid dienone is 1. The smallest absolute Gasteiger partial charge is 0.190 e. The van der Waals surface area contributed by atoms with Gasteiger partial charge in [0.05, 0.1) is 10.1 Å². The Morgan fingerprint density at radius 3 is 2.90 bits per heavy atom. The van der Waals surface area contributed by atoms with Crippen LogP contribution in [0.2, 0.25) is 5.02 Å². The van der Waals surface area contributed by atoms with Gasteiger partial charge in [-0.15, -0.1) is 0 Å². The Kier molecular flexibility index (Phi) is 5.26. The Labute approximate surface area is 128 Å². The van der Waals surface area contributed by atoms with Crippen LogP contribution in [0.5, 0.6) is 0 Å². The molecule has 1 aliphatic heterocycles. The SMILES string of the molecule is CCCCN1N=C(C)S/C1=C\C(=O)c1ccccc1Cl. The molecule has 0 N–H and O–H groups in total. The Morgan fingerprint density at radius 2 is 2.20 bits per heavy atom. The minimum Gasteiger partial charge on any atom is -0.289 e. The number of hydrazone groups is 1. The van der Waals surface area contributed by atoms with Gasteiger partial charge >= 0.3 is 0 Å². The second kappa shape index (κ2) is 6.95. The summed E-state index contributed by atoms with van der Waals surface area (Å²) in [6, 6.07) is 7.10. The van der Waals surface area contributed by atoms with Gasteiger partial charge in [0.1, 0.15) is 5.03 Å². The third-order valence-corrected chi connectivity index (χ3v) is 4.13. The van der Waals surface area contributed by atoms with E-state index in [1.165, 1.54) is 11.8 Å². The number of hydrogen-bond donors (Lipinski definition) is 0. The van der Waals surface area contributed by atoms with Crippen molar-refractivity contribution in [2.24, 2.45) is 5.10 Å². The van der Waals surface area contributed by atoms with Crippen LogP contribution in [0.1, 0.15) is 37.0 Å². The number of halogens is 1. The van der Waals surface area contributed by atoms with E-state index in [0.717, 1.165) is 29.5 Å². The first kappa shape index (κ1) is 15.1. The van der Waals surface area contributed by atoms with Crippen molar-refractivity contribution in [3.05, 3.63) is 46.0 Å². The van der Waals surface area contributed by atoms with Crippen LogP contribution in [0.3, 0.4) is 0 Å². The Bertz CT molecular complexity index is 569. The lowest BCUT2D eigenvalue weighted by Crippen LogP contribution is -2.14. The lowest BCUT2D eigenvalue weighted by atomic mass is 10.1. The molecule has 5 heteroatoms. The topological polar surface area (TPSA) is 32.7 Å². The van der Waals surface area contributed by atoms with Gasteiger partial charge in [0, 0.05) is 18.2 Å². The average molecular weight is 309 g/mol. The first-order valence-corrected chi connectivity index (χ1v) is 7.82. The van der Waals surface area contributed by atoms with Crippen molar-refractivity contribution >= 4 is 34.2 Å². The molecular weight excluding hydrogens is 292 g/mol. The molecule has 0 atom stereocenters.